The van der Waals surface area contributed by atoms with Gasteiger partial charge in [-0.2, -0.15) is 0 Å². The van der Waals surface area contributed by atoms with Gasteiger partial charge in [0, 0.05) is 25.2 Å². The average molecular weight is 484 g/mol. The summed E-state index contributed by atoms with van der Waals surface area (Å²) in [5.41, 5.74) is 5.75. The number of nitrogens with zero attached hydrogens (tertiary/aromatic N) is 4. The van der Waals surface area contributed by atoms with Gasteiger partial charge in [0.1, 0.15) is 0 Å². The first-order chi connectivity index (χ1) is 15.6. The van der Waals surface area contributed by atoms with E-state index in [1.54, 1.807) is 12.1 Å². The van der Waals surface area contributed by atoms with Gasteiger partial charge in [-0.25, -0.2) is 12.7 Å². The molecule has 0 aliphatic carbocycles. The third kappa shape index (κ3) is 4.46. The summed E-state index contributed by atoms with van der Waals surface area (Å²) in [4.78, 5) is 12.7. The van der Waals surface area contributed by atoms with Gasteiger partial charge in [0.2, 0.25) is 15.9 Å². The molecule has 2 heterocycles. The van der Waals surface area contributed by atoms with Gasteiger partial charge in [-0.05, 0) is 68.3 Å². The summed E-state index contributed by atoms with van der Waals surface area (Å²) in [6.45, 7) is 6.20. The van der Waals surface area contributed by atoms with Crippen molar-refractivity contribution < 1.29 is 13.2 Å². The highest BCUT2D eigenvalue weighted by molar-refractivity contribution is 7.99. The smallest absolute Gasteiger partial charge is 0.242 e. The number of rotatable bonds is 6. The largest absolute Gasteiger partial charge is 0.325 e. The van der Waals surface area contributed by atoms with E-state index in [0.29, 0.717) is 10.8 Å². The van der Waals surface area contributed by atoms with Crippen molar-refractivity contribution in [3.63, 3.8) is 0 Å². The number of aromatic nitrogens is 3. The van der Waals surface area contributed by atoms with E-state index in [-0.39, 0.29) is 16.6 Å². The second-order valence-corrected chi connectivity index (χ2v) is 11.2. The highest BCUT2D eigenvalue weighted by Crippen LogP contribution is 2.29. The SMILES string of the molecule is Cc1cc(C)c2c(c1)c(C)cc1nnc(SCC(=O)Nc3ccc(S(=O)(=O)N(C)C)cc3)n12. The van der Waals surface area contributed by atoms with Crippen molar-refractivity contribution in [1.29, 1.82) is 0 Å². The van der Waals surface area contributed by atoms with Gasteiger partial charge in [-0.1, -0.05) is 23.4 Å². The Bertz CT molecular complexity index is 1480. The van der Waals surface area contributed by atoms with Crippen molar-refractivity contribution >= 4 is 49.9 Å². The molecule has 0 unspecified atom stereocenters. The summed E-state index contributed by atoms with van der Waals surface area (Å²) >= 11 is 1.30. The van der Waals surface area contributed by atoms with Crippen LogP contribution in [-0.2, 0) is 14.8 Å². The quantitative estimate of drug-likeness (QED) is 0.419. The second-order valence-electron chi connectivity index (χ2n) is 8.13. The molecule has 0 fully saturated rings. The predicted octanol–water partition coefficient (Wildman–Crippen LogP) is 3.79. The number of sulfonamides is 1. The lowest BCUT2D eigenvalue weighted by Gasteiger charge is -2.12. The molecule has 172 valence electrons. The number of aryl methyl sites for hydroxylation is 3. The summed E-state index contributed by atoms with van der Waals surface area (Å²) < 4.78 is 27.5. The van der Waals surface area contributed by atoms with Crippen molar-refractivity contribution in [1.82, 2.24) is 18.9 Å². The fourth-order valence-corrected chi connectivity index (χ4v) is 5.40. The number of fused-ring (bicyclic) bond motifs is 3. The molecule has 2 aromatic heterocycles. The van der Waals surface area contributed by atoms with Gasteiger partial charge in [-0.3, -0.25) is 9.20 Å². The fraction of sp³-hybridized carbons (Fsp3) is 0.261. The van der Waals surface area contributed by atoms with Crippen molar-refractivity contribution in [3.05, 3.63) is 59.2 Å². The molecule has 0 saturated carbocycles. The lowest BCUT2D eigenvalue weighted by Crippen LogP contribution is -2.22. The maximum absolute atomic E-state index is 12.5. The number of hydrogen-bond donors (Lipinski definition) is 1. The lowest BCUT2D eigenvalue weighted by atomic mass is 10.0. The zero-order valence-electron chi connectivity index (χ0n) is 19.1. The summed E-state index contributed by atoms with van der Waals surface area (Å²) in [6, 6.07) is 12.4. The highest BCUT2D eigenvalue weighted by atomic mass is 32.2. The minimum atomic E-state index is -3.51. The number of carbonyl (C=O) groups excluding carboxylic acids is 1. The summed E-state index contributed by atoms with van der Waals surface area (Å²) in [5, 5.41) is 13.2. The Balaban J connectivity index is 1.53. The van der Waals surface area contributed by atoms with E-state index >= 15 is 0 Å². The summed E-state index contributed by atoms with van der Waals surface area (Å²) in [7, 11) is -0.560. The summed E-state index contributed by atoms with van der Waals surface area (Å²) in [5.74, 6) is -0.0808. The van der Waals surface area contributed by atoms with Crippen LogP contribution in [0.15, 0.2) is 52.5 Å². The van der Waals surface area contributed by atoms with Crippen LogP contribution in [0.25, 0.3) is 16.6 Å². The number of nitrogens with one attached hydrogen (secondary N) is 1. The van der Waals surface area contributed by atoms with Crippen molar-refractivity contribution in [2.45, 2.75) is 30.8 Å². The number of amides is 1. The number of thioether (sulfide) groups is 1. The van der Waals surface area contributed by atoms with Crippen LogP contribution in [0.4, 0.5) is 5.69 Å². The molecule has 2 aromatic carbocycles. The van der Waals surface area contributed by atoms with Crippen molar-refractivity contribution in [3.8, 4) is 0 Å². The number of carbonyl (C=O) groups is 1. The Labute approximate surface area is 197 Å². The Kier molecular flexibility index (Phi) is 6.17. The predicted molar refractivity (Wildman–Crippen MR) is 131 cm³/mol. The first-order valence-electron chi connectivity index (χ1n) is 10.3. The summed E-state index contributed by atoms with van der Waals surface area (Å²) in [6.07, 6.45) is 0. The third-order valence-electron chi connectivity index (χ3n) is 5.35. The molecule has 4 aromatic rings. The number of pyridine rings is 1. The minimum Gasteiger partial charge on any atom is -0.325 e. The lowest BCUT2D eigenvalue weighted by molar-refractivity contribution is -0.113. The first kappa shape index (κ1) is 23.2. The molecule has 0 radical (unpaired) electrons. The van der Waals surface area contributed by atoms with Gasteiger partial charge in [0.15, 0.2) is 10.8 Å². The van der Waals surface area contributed by atoms with Crippen LogP contribution < -0.4 is 5.32 Å². The van der Waals surface area contributed by atoms with E-state index in [4.69, 9.17) is 0 Å². The zero-order valence-corrected chi connectivity index (χ0v) is 20.7. The standard InChI is InChI=1S/C23H25N5O3S2/c1-14-10-16(3)22-19(11-14)15(2)12-20-25-26-23(28(20)22)32-13-21(29)24-17-6-8-18(9-7-17)33(30,31)27(4)5/h6-12H,13H2,1-5H3,(H,24,29). The van der Waals surface area contributed by atoms with Crippen LogP contribution in [0.5, 0.6) is 0 Å². The third-order valence-corrected chi connectivity index (χ3v) is 8.10. The average Bonchev–Trinajstić information content (AvgIpc) is 3.15. The number of anilines is 1. The maximum Gasteiger partial charge on any atom is 0.242 e. The fourth-order valence-electron chi connectivity index (χ4n) is 3.76. The normalized spacial score (nSPS) is 12.1. The van der Waals surface area contributed by atoms with Crippen LogP contribution in [0.3, 0.4) is 0 Å². The van der Waals surface area contributed by atoms with E-state index in [1.807, 2.05) is 10.5 Å². The van der Waals surface area contributed by atoms with Gasteiger partial charge in [0.05, 0.1) is 16.2 Å². The molecule has 0 aliphatic rings. The molecule has 0 aliphatic heterocycles. The topological polar surface area (TPSA) is 96.7 Å². The minimum absolute atomic E-state index is 0.138. The Morgan fingerprint density at radius 3 is 2.39 bits per heavy atom. The van der Waals surface area contributed by atoms with Gasteiger partial charge >= 0.3 is 0 Å². The molecule has 0 saturated heterocycles. The molecule has 0 bridgehead atoms. The van der Waals surface area contributed by atoms with E-state index in [1.165, 1.54) is 43.6 Å². The maximum atomic E-state index is 12.5. The Morgan fingerprint density at radius 1 is 1.03 bits per heavy atom. The van der Waals surface area contributed by atoms with Crippen LogP contribution in [0, 0.1) is 20.8 Å². The molecular weight excluding hydrogens is 458 g/mol. The van der Waals surface area contributed by atoms with Crippen molar-refractivity contribution in [2.24, 2.45) is 0 Å². The molecule has 33 heavy (non-hydrogen) atoms. The molecule has 8 nitrogen and oxygen atoms in total. The Hall–Kier alpha value is -2.95. The first-order valence-corrected chi connectivity index (χ1v) is 12.7. The highest BCUT2D eigenvalue weighted by Gasteiger charge is 2.18. The van der Waals surface area contributed by atoms with Crippen LogP contribution in [0.2, 0.25) is 0 Å². The molecule has 1 amide bonds. The second kappa shape index (κ2) is 8.77. The van der Waals surface area contributed by atoms with E-state index in [2.05, 4.69) is 48.4 Å². The van der Waals surface area contributed by atoms with Gasteiger partial charge in [-0.15, -0.1) is 10.2 Å². The van der Waals surface area contributed by atoms with E-state index < -0.39 is 10.0 Å². The molecule has 0 atom stereocenters. The molecule has 4 rings (SSSR count). The van der Waals surface area contributed by atoms with E-state index in [9.17, 15) is 13.2 Å². The van der Waals surface area contributed by atoms with Crippen LogP contribution in [0.1, 0.15) is 16.7 Å². The Morgan fingerprint density at radius 2 is 1.73 bits per heavy atom. The van der Waals surface area contributed by atoms with Gasteiger partial charge < -0.3 is 5.32 Å². The molecule has 10 heteroatoms. The molecule has 0 spiro atoms. The number of hydrogen-bond acceptors (Lipinski definition) is 6. The molecular formula is C23H25N5O3S2. The monoisotopic (exact) mass is 483 g/mol. The van der Waals surface area contributed by atoms with Gasteiger partial charge in [0.25, 0.3) is 0 Å². The zero-order chi connectivity index (χ0) is 23.9. The number of benzene rings is 2. The molecule has 1 N–H and O–H groups in total. The van der Waals surface area contributed by atoms with Crippen LogP contribution >= 0.6 is 11.8 Å². The van der Waals surface area contributed by atoms with Crippen molar-refractivity contribution in [2.75, 3.05) is 25.2 Å². The van der Waals surface area contributed by atoms with E-state index in [0.717, 1.165) is 32.0 Å². The van der Waals surface area contributed by atoms with Crippen LogP contribution in [-0.4, -0.2) is 53.1 Å².